The molecule has 1 aromatic heterocycles. The topological polar surface area (TPSA) is 63.4 Å². The predicted molar refractivity (Wildman–Crippen MR) is 89.8 cm³/mol. The van der Waals surface area contributed by atoms with Crippen LogP contribution >= 0.6 is 11.6 Å². The first kappa shape index (κ1) is 16.5. The number of benzene rings is 1. The van der Waals surface area contributed by atoms with Crippen LogP contribution in [-0.4, -0.2) is 30.2 Å². The summed E-state index contributed by atoms with van der Waals surface area (Å²) < 4.78 is 31.9. The molecule has 0 radical (unpaired) electrons. The van der Waals surface area contributed by atoms with Crippen molar-refractivity contribution in [1.29, 1.82) is 0 Å². The molecule has 0 saturated carbocycles. The second kappa shape index (κ2) is 6.63. The quantitative estimate of drug-likeness (QED) is 0.824. The third-order valence-corrected chi connectivity index (χ3v) is 6.21. The van der Waals surface area contributed by atoms with Crippen LogP contribution in [-0.2, 0) is 23.0 Å². The number of halogens is 1. The van der Waals surface area contributed by atoms with E-state index in [1.165, 1.54) is 0 Å². The zero-order chi connectivity index (χ0) is 16.4. The minimum Gasteiger partial charge on any atom is -0.356 e. The van der Waals surface area contributed by atoms with Gasteiger partial charge in [-0.3, -0.25) is 0 Å². The van der Waals surface area contributed by atoms with E-state index >= 15 is 0 Å². The molecular formula is C16H19ClN2O3S. The molecule has 124 valence electrons. The first-order valence-electron chi connectivity index (χ1n) is 7.72. The van der Waals surface area contributed by atoms with Crippen LogP contribution in [0.5, 0.6) is 0 Å². The Morgan fingerprint density at radius 2 is 2.04 bits per heavy atom. The normalized spacial score (nSPS) is 15.6. The maximum absolute atomic E-state index is 12.4. The van der Waals surface area contributed by atoms with E-state index in [-0.39, 0.29) is 5.75 Å². The lowest BCUT2D eigenvalue weighted by atomic mass is 10.0. The molecule has 2 aromatic rings. The molecule has 0 saturated heterocycles. The highest BCUT2D eigenvalue weighted by molar-refractivity contribution is 7.89. The lowest BCUT2D eigenvalue weighted by Crippen LogP contribution is -2.37. The summed E-state index contributed by atoms with van der Waals surface area (Å²) in [6.45, 7) is 2.77. The van der Waals surface area contributed by atoms with E-state index in [0.29, 0.717) is 36.7 Å². The molecular weight excluding hydrogens is 336 g/mol. The number of aromatic nitrogens is 1. The highest BCUT2D eigenvalue weighted by Crippen LogP contribution is 2.32. The number of unbranched alkanes of at least 4 members (excludes halogenated alkanes) is 1. The van der Waals surface area contributed by atoms with E-state index in [1.54, 1.807) is 16.4 Å². The molecule has 0 N–H and O–H groups in total. The van der Waals surface area contributed by atoms with Gasteiger partial charge >= 0.3 is 0 Å². The van der Waals surface area contributed by atoms with Crippen molar-refractivity contribution in [3.05, 3.63) is 40.5 Å². The van der Waals surface area contributed by atoms with Crippen LogP contribution in [0.4, 0.5) is 0 Å². The van der Waals surface area contributed by atoms with Crippen molar-refractivity contribution in [2.75, 3.05) is 12.3 Å². The number of nitrogens with zero attached hydrogens (tertiary/aromatic N) is 2. The lowest BCUT2D eigenvalue weighted by Gasteiger charge is -2.25. The van der Waals surface area contributed by atoms with Crippen LogP contribution < -0.4 is 0 Å². The summed E-state index contributed by atoms with van der Waals surface area (Å²) in [6, 6.07) is 7.27. The molecule has 5 nitrogen and oxygen atoms in total. The van der Waals surface area contributed by atoms with Crippen molar-refractivity contribution in [2.24, 2.45) is 0 Å². The maximum atomic E-state index is 12.4. The van der Waals surface area contributed by atoms with Gasteiger partial charge in [0, 0.05) is 35.7 Å². The van der Waals surface area contributed by atoms with Crippen molar-refractivity contribution in [3.63, 3.8) is 0 Å². The fourth-order valence-corrected chi connectivity index (χ4v) is 4.44. The number of rotatable bonds is 5. The summed E-state index contributed by atoms with van der Waals surface area (Å²) in [5.74, 6) is 0.826. The molecule has 0 atom stereocenters. The fraction of sp³-hybridized carbons (Fsp3) is 0.438. The molecule has 0 fully saturated rings. The minimum atomic E-state index is -3.23. The van der Waals surface area contributed by atoms with Gasteiger partial charge in [0.15, 0.2) is 5.76 Å². The average Bonchev–Trinajstić information content (AvgIpc) is 2.97. The second-order valence-electron chi connectivity index (χ2n) is 5.70. The number of sulfonamides is 1. The first-order valence-corrected chi connectivity index (χ1v) is 9.71. The van der Waals surface area contributed by atoms with Crippen LogP contribution in [0.15, 0.2) is 28.8 Å². The van der Waals surface area contributed by atoms with Crippen LogP contribution in [0, 0.1) is 0 Å². The van der Waals surface area contributed by atoms with Gasteiger partial charge in [-0.1, -0.05) is 30.1 Å². The third-order valence-electron chi connectivity index (χ3n) is 4.06. The van der Waals surface area contributed by atoms with E-state index < -0.39 is 10.0 Å². The van der Waals surface area contributed by atoms with Crippen LogP contribution in [0.3, 0.4) is 0 Å². The van der Waals surface area contributed by atoms with Gasteiger partial charge < -0.3 is 4.52 Å². The van der Waals surface area contributed by atoms with Gasteiger partial charge in [-0.15, -0.1) is 0 Å². The van der Waals surface area contributed by atoms with Crippen LogP contribution in [0.2, 0.25) is 5.02 Å². The molecule has 0 bridgehead atoms. The van der Waals surface area contributed by atoms with Crippen molar-refractivity contribution < 1.29 is 12.9 Å². The van der Waals surface area contributed by atoms with Gasteiger partial charge in [0.2, 0.25) is 10.0 Å². The maximum Gasteiger partial charge on any atom is 0.214 e. The molecule has 1 aliphatic rings. The molecule has 0 spiro atoms. The van der Waals surface area contributed by atoms with E-state index in [4.69, 9.17) is 16.1 Å². The molecule has 23 heavy (non-hydrogen) atoms. The van der Waals surface area contributed by atoms with Crippen molar-refractivity contribution in [1.82, 2.24) is 9.46 Å². The van der Waals surface area contributed by atoms with Crippen LogP contribution in [0.25, 0.3) is 11.3 Å². The highest BCUT2D eigenvalue weighted by Gasteiger charge is 2.30. The Bertz CT molecular complexity index is 784. The zero-order valence-corrected chi connectivity index (χ0v) is 14.5. The summed E-state index contributed by atoms with van der Waals surface area (Å²) in [5.41, 5.74) is 2.56. The van der Waals surface area contributed by atoms with Gasteiger partial charge in [-0.05, 0) is 30.7 Å². The average molecular weight is 355 g/mol. The summed E-state index contributed by atoms with van der Waals surface area (Å²) >= 11 is 5.91. The highest BCUT2D eigenvalue weighted by atomic mass is 35.5. The fourth-order valence-electron chi connectivity index (χ4n) is 2.71. The Labute approximate surface area is 141 Å². The molecule has 0 unspecified atom stereocenters. The molecule has 1 aromatic carbocycles. The number of hydrogen-bond donors (Lipinski definition) is 0. The summed E-state index contributed by atoms with van der Waals surface area (Å²) in [4.78, 5) is 0. The molecule has 3 rings (SSSR count). The number of fused-ring (bicyclic) bond motifs is 1. The Morgan fingerprint density at radius 1 is 1.30 bits per heavy atom. The number of hydrogen-bond acceptors (Lipinski definition) is 4. The van der Waals surface area contributed by atoms with Gasteiger partial charge in [0.05, 0.1) is 11.4 Å². The van der Waals surface area contributed by atoms with E-state index in [0.717, 1.165) is 23.2 Å². The SMILES string of the molecule is CCCCS(=O)(=O)N1CCc2noc(-c3ccc(Cl)cc3)c2C1. The molecule has 2 heterocycles. The molecule has 0 aliphatic carbocycles. The van der Waals surface area contributed by atoms with Gasteiger partial charge in [0.25, 0.3) is 0 Å². The van der Waals surface area contributed by atoms with E-state index in [2.05, 4.69) is 5.16 Å². The van der Waals surface area contributed by atoms with Crippen LogP contribution in [0.1, 0.15) is 31.0 Å². The Morgan fingerprint density at radius 3 is 2.74 bits per heavy atom. The summed E-state index contributed by atoms with van der Waals surface area (Å²) in [6.07, 6.45) is 2.12. The van der Waals surface area contributed by atoms with Gasteiger partial charge in [0.1, 0.15) is 0 Å². The zero-order valence-electron chi connectivity index (χ0n) is 13.0. The lowest BCUT2D eigenvalue weighted by molar-refractivity contribution is 0.385. The minimum absolute atomic E-state index is 0.195. The van der Waals surface area contributed by atoms with E-state index in [9.17, 15) is 8.42 Å². The molecule has 1 aliphatic heterocycles. The van der Waals surface area contributed by atoms with Gasteiger partial charge in [-0.2, -0.15) is 4.31 Å². The monoisotopic (exact) mass is 354 g/mol. The Kier molecular flexibility index (Phi) is 4.75. The summed E-state index contributed by atoms with van der Waals surface area (Å²) in [7, 11) is -3.23. The van der Waals surface area contributed by atoms with Crippen molar-refractivity contribution >= 4 is 21.6 Å². The van der Waals surface area contributed by atoms with Crippen molar-refractivity contribution in [2.45, 2.75) is 32.7 Å². The Hall–Kier alpha value is -1.37. The first-order chi connectivity index (χ1) is 11.0. The summed E-state index contributed by atoms with van der Waals surface area (Å²) in [5, 5.41) is 4.75. The Balaban J connectivity index is 1.88. The van der Waals surface area contributed by atoms with E-state index in [1.807, 2.05) is 19.1 Å². The second-order valence-corrected chi connectivity index (χ2v) is 8.22. The standard InChI is InChI=1S/C16H19ClN2O3S/c1-2-3-10-23(20,21)19-9-8-15-14(11-19)16(22-18-15)12-4-6-13(17)7-5-12/h4-7H,2-3,8-11H2,1H3. The smallest absolute Gasteiger partial charge is 0.214 e. The molecule has 7 heteroatoms. The third kappa shape index (κ3) is 3.44. The van der Waals surface area contributed by atoms with Crippen molar-refractivity contribution in [3.8, 4) is 11.3 Å². The van der Waals surface area contributed by atoms with Gasteiger partial charge in [-0.25, -0.2) is 8.42 Å². The molecule has 0 amide bonds. The predicted octanol–water partition coefficient (Wildman–Crippen LogP) is 3.48. The largest absolute Gasteiger partial charge is 0.356 e.